The van der Waals surface area contributed by atoms with Crippen molar-refractivity contribution in [2.45, 2.75) is 6.54 Å². The summed E-state index contributed by atoms with van der Waals surface area (Å²) < 4.78 is 13.9. The van der Waals surface area contributed by atoms with Crippen LogP contribution in [0.3, 0.4) is 0 Å². The van der Waals surface area contributed by atoms with E-state index in [0.717, 1.165) is 13.1 Å². The summed E-state index contributed by atoms with van der Waals surface area (Å²) in [5.41, 5.74) is 5.90. The summed E-state index contributed by atoms with van der Waals surface area (Å²) in [7, 11) is 0. The maximum Gasteiger partial charge on any atom is 0.268 e. The molecule has 2 aromatic rings. The second kappa shape index (κ2) is 7.11. The van der Waals surface area contributed by atoms with Crippen molar-refractivity contribution in [3.8, 4) is 0 Å². The van der Waals surface area contributed by atoms with Crippen LogP contribution in [0, 0.1) is 5.82 Å². The molecule has 0 atom stereocenters. The molecule has 126 valence electrons. The number of benzene rings is 1. The topological polar surface area (TPSA) is 75.4 Å². The number of aromatic nitrogens is 2. The van der Waals surface area contributed by atoms with Crippen molar-refractivity contribution < 1.29 is 9.18 Å². The third-order valence-corrected chi connectivity index (χ3v) is 4.37. The largest absolute Gasteiger partial charge is 0.364 e. The molecule has 1 aromatic carbocycles. The highest BCUT2D eigenvalue weighted by Gasteiger charge is 2.21. The van der Waals surface area contributed by atoms with E-state index in [0.29, 0.717) is 36.0 Å². The number of nitrogens with zero attached hydrogens (tertiary/aromatic N) is 4. The van der Waals surface area contributed by atoms with E-state index in [1.807, 2.05) is 4.90 Å². The number of anilines is 1. The van der Waals surface area contributed by atoms with Crippen LogP contribution in [-0.4, -0.2) is 47.0 Å². The van der Waals surface area contributed by atoms with Gasteiger partial charge in [0, 0.05) is 43.3 Å². The zero-order chi connectivity index (χ0) is 17.1. The Morgan fingerprint density at radius 3 is 2.67 bits per heavy atom. The predicted octanol–water partition coefficient (Wildman–Crippen LogP) is 1.69. The fourth-order valence-corrected chi connectivity index (χ4v) is 2.89. The minimum atomic E-state index is -0.600. The molecule has 1 aromatic heterocycles. The van der Waals surface area contributed by atoms with E-state index < -0.39 is 5.91 Å². The van der Waals surface area contributed by atoms with Crippen LogP contribution in [0.25, 0.3) is 0 Å². The Hall–Kier alpha value is -2.25. The smallest absolute Gasteiger partial charge is 0.268 e. The van der Waals surface area contributed by atoms with Crippen molar-refractivity contribution in [2.75, 3.05) is 31.1 Å². The molecule has 6 nitrogen and oxygen atoms in total. The highest BCUT2D eigenvalue weighted by Crippen LogP contribution is 2.22. The molecule has 2 heterocycles. The number of piperazine rings is 1. The number of hydrogen-bond donors (Lipinski definition) is 1. The van der Waals surface area contributed by atoms with Gasteiger partial charge in [-0.05, 0) is 12.1 Å². The molecule has 0 aliphatic carbocycles. The molecule has 2 N–H and O–H groups in total. The lowest BCUT2D eigenvalue weighted by atomic mass is 10.2. The molecular weight excluding hydrogens is 333 g/mol. The van der Waals surface area contributed by atoms with Crippen LogP contribution < -0.4 is 10.6 Å². The maximum atomic E-state index is 13.9. The Labute approximate surface area is 144 Å². The van der Waals surface area contributed by atoms with Gasteiger partial charge in [-0.1, -0.05) is 17.7 Å². The average molecular weight is 350 g/mol. The number of amides is 1. The number of rotatable bonds is 4. The van der Waals surface area contributed by atoms with Crippen LogP contribution in [0.5, 0.6) is 0 Å². The van der Waals surface area contributed by atoms with Crippen molar-refractivity contribution in [3.05, 3.63) is 52.7 Å². The van der Waals surface area contributed by atoms with E-state index >= 15 is 0 Å². The van der Waals surface area contributed by atoms with Crippen LogP contribution in [0.2, 0.25) is 5.02 Å². The van der Waals surface area contributed by atoms with Crippen molar-refractivity contribution in [1.82, 2.24) is 14.9 Å². The molecular formula is C16H17ClFN5O. The van der Waals surface area contributed by atoms with Crippen molar-refractivity contribution in [1.29, 1.82) is 0 Å². The van der Waals surface area contributed by atoms with E-state index in [9.17, 15) is 9.18 Å². The van der Waals surface area contributed by atoms with Crippen molar-refractivity contribution in [3.63, 3.8) is 0 Å². The van der Waals surface area contributed by atoms with Crippen molar-refractivity contribution >= 4 is 23.3 Å². The van der Waals surface area contributed by atoms with E-state index in [2.05, 4.69) is 14.9 Å². The summed E-state index contributed by atoms with van der Waals surface area (Å²) in [6.07, 6.45) is 2.96. The lowest BCUT2D eigenvalue weighted by Gasteiger charge is -2.35. The molecule has 24 heavy (non-hydrogen) atoms. The van der Waals surface area contributed by atoms with Gasteiger partial charge in [0.1, 0.15) is 17.3 Å². The number of carbonyl (C=O) groups is 1. The zero-order valence-corrected chi connectivity index (χ0v) is 13.7. The molecule has 0 radical (unpaired) electrons. The van der Waals surface area contributed by atoms with Gasteiger partial charge in [-0.3, -0.25) is 14.7 Å². The molecule has 3 rings (SSSR count). The third kappa shape index (κ3) is 3.63. The molecule has 1 fully saturated rings. The summed E-state index contributed by atoms with van der Waals surface area (Å²) >= 11 is 6.08. The molecule has 0 unspecified atom stereocenters. The fourth-order valence-electron chi connectivity index (χ4n) is 2.67. The second-order valence-electron chi connectivity index (χ2n) is 5.59. The highest BCUT2D eigenvalue weighted by atomic mass is 35.5. The Balaban J connectivity index is 1.64. The van der Waals surface area contributed by atoms with Crippen LogP contribution >= 0.6 is 11.6 Å². The summed E-state index contributed by atoms with van der Waals surface area (Å²) in [6, 6.07) is 4.72. The van der Waals surface area contributed by atoms with E-state index in [4.69, 9.17) is 17.3 Å². The first-order valence-electron chi connectivity index (χ1n) is 7.56. The molecule has 1 saturated heterocycles. The number of carbonyl (C=O) groups excluding carboxylic acids is 1. The summed E-state index contributed by atoms with van der Waals surface area (Å²) in [5, 5.41) is 0.442. The SMILES string of the molecule is NC(=O)c1cncc(N2CCN(Cc3c(F)cccc3Cl)CC2)n1. The quantitative estimate of drug-likeness (QED) is 0.909. The summed E-state index contributed by atoms with van der Waals surface area (Å²) in [5.74, 6) is -0.267. The Kier molecular flexibility index (Phi) is 4.92. The monoisotopic (exact) mass is 349 g/mol. The zero-order valence-electron chi connectivity index (χ0n) is 13.0. The van der Waals surface area contributed by atoms with Crippen molar-refractivity contribution in [2.24, 2.45) is 5.73 Å². The minimum absolute atomic E-state index is 0.146. The third-order valence-electron chi connectivity index (χ3n) is 4.01. The van der Waals surface area contributed by atoms with Gasteiger partial charge in [-0.15, -0.1) is 0 Å². The summed E-state index contributed by atoms with van der Waals surface area (Å²) in [6.45, 7) is 3.32. The maximum absolute atomic E-state index is 13.9. The van der Waals surface area contributed by atoms with E-state index in [-0.39, 0.29) is 11.5 Å². The second-order valence-corrected chi connectivity index (χ2v) is 6.00. The van der Waals surface area contributed by atoms with Gasteiger partial charge in [-0.2, -0.15) is 0 Å². The van der Waals surface area contributed by atoms with Gasteiger partial charge in [0.2, 0.25) is 0 Å². The Bertz CT molecular complexity index is 729. The highest BCUT2D eigenvalue weighted by molar-refractivity contribution is 6.31. The van der Waals surface area contributed by atoms with E-state index in [1.54, 1.807) is 18.3 Å². The number of primary amides is 1. The lowest BCUT2D eigenvalue weighted by molar-refractivity contribution is 0.0995. The number of hydrogen-bond acceptors (Lipinski definition) is 5. The van der Waals surface area contributed by atoms with Gasteiger partial charge in [0.15, 0.2) is 0 Å². The van der Waals surface area contributed by atoms with Gasteiger partial charge in [0.25, 0.3) is 5.91 Å². The molecule has 0 spiro atoms. The van der Waals surface area contributed by atoms with Crippen LogP contribution in [-0.2, 0) is 6.54 Å². The molecule has 8 heteroatoms. The average Bonchev–Trinajstić information content (AvgIpc) is 2.59. The predicted molar refractivity (Wildman–Crippen MR) is 89.4 cm³/mol. The lowest BCUT2D eigenvalue weighted by Crippen LogP contribution is -2.46. The Morgan fingerprint density at radius 1 is 1.25 bits per heavy atom. The molecule has 1 aliphatic rings. The minimum Gasteiger partial charge on any atom is -0.364 e. The van der Waals surface area contributed by atoms with Gasteiger partial charge in [0.05, 0.1) is 12.4 Å². The van der Waals surface area contributed by atoms with Gasteiger partial charge >= 0.3 is 0 Å². The number of halogens is 2. The standard InChI is InChI=1S/C16H17ClFN5O/c17-12-2-1-3-13(18)11(12)10-22-4-6-23(7-5-22)15-9-20-8-14(21-15)16(19)24/h1-3,8-9H,4-7,10H2,(H2,19,24). The first kappa shape index (κ1) is 16.6. The van der Waals surface area contributed by atoms with Crippen LogP contribution in [0.15, 0.2) is 30.6 Å². The molecule has 0 bridgehead atoms. The van der Waals surface area contributed by atoms with Gasteiger partial charge in [-0.25, -0.2) is 9.37 Å². The summed E-state index contributed by atoms with van der Waals surface area (Å²) in [4.78, 5) is 23.6. The van der Waals surface area contributed by atoms with Crippen LogP contribution in [0.4, 0.5) is 10.2 Å². The molecule has 1 aliphatic heterocycles. The molecule has 0 saturated carbocycles. The van der Waals surface area contributed by atoms with Crippen LogP contribution in [0.1, 0.15) is 16.1 Å². The first-order valence-corrected chi connectivity index (χ1v) is 7.94. The van der Waals surface area contributed by atoms with Gasteiger partial charge < -0.3 is 10.6 Å². The first-order chi connectivity index (χ1) is 11.5. The number of nitrogens with two attached hydrogens (primary N) is 1. The Morgan fingerprint density at radius 2 is 2.00 bits per heavy atom. The molecule has 1 amide bonds. The van der Waals surface area contributed by atoms with E-state index in [1.165, 1.54) is 12.3 Å². The normalized spacial score (nSPS) is 15.5. The fraction of sp³-hybridized carbons (Fsp3) is 0.312.